The standard InChI is InChI=1S/C11H13ClN6O/c12-8-5-9(18-11(17-8)15-6-16-18)13-3-4-14-10(19)7-1-2-7/h5-7,13H,1-4H2,(H,14,19). The van der Waals surface area contributed by atoms with Crippen LogP contribution in [0.15, 0.2) is 12.4 Å². The number of hydrogen-bond donors (Lipinski definition) is 2. The molecule has 8 heteroatoms. The zero-order valence-corrected chi connectivity index (χ0v) is 10.9. The van der Waals surface area contributed by atoms with Crippen LogP contribution in [0.4, 0.5) is 5.82 Å². The van der Waals surface area contributed by atoms with Crippen molar-refractivity contribution in [2.75, 3.05) is 18.4 Å². The lowest BCUT2D eigenvalue weighted by Gasteiger charge is -2.08. The normalized spacial score (nSPS) is 14.6. The Bertz CT molecular complexity index is 608. The molecular formula is C11H13ClN6O. The van der Waals surface area contributed by atoms with Gasteiger partial charge in [0.05, 0.1) is 0 Å². The molecule has 0 aromatic carbocycles. The number of rotatable bonds is 5. The first-order valence-corrected chi connectivity index (χ1v) is 6.50. The number of amides is 1. The Labute approximate surface area is 114 Å². The molecule has 19 heavy (non-hydrogen) atoms. The smallest absolute Gasteiger partial charge is 0.255 e. The highest BCUT2D eigenvalue weighted by Gasteiger charge is 2.28. The van der Waals surface area contributed by atoms with E-state index < -0.39 is 0 Å². The third-order valence-electron chi connectivity index (χ3n) is 2.90. The maximum absolute atomic E-state index is 11.4. The Balaban J connectivity index is 1.58. The minimum absolute atomic E-state index is 0.139. The lowest BCUT2D eigenvalue weighted by molar-refractivity contribution is -0.122. The van der Waals surface area contributed by atoms with Crippen molar-refractivity contribution in [1.82, 2.24) is 24.9 Å². The quantitative estimate of drug-likeness (QED) is 0.623. The third-order valence-corrected chi connectivity index (χ3v) is 3.09. The number of aromatic nitrogens is 4. The molecule has 0 atom stereocenters. The maximum atomic E-state index is 11.4. The summed E-state index contributed by atoms with van der Waals surface area (Å²) in [5.74, 6) is 1.52. The van der Waals surface area contributed by atoms with Crippen molar-refractivity contribution in [2.24, 2.45) is 5.92 Å². The summed E-state index contributed by atoms with van der Waals surface area (Å²) in [4.78, 5) is 19.4. The van der Waals surface area contributed by atoms with Gasteiger partial charge in [-0.3, -0.25) is 4.79 Å². The monoisotopic (exact) mass is 280 g/mol. The van der Waals surface area contributed by atoms with E-state index in [-0.39, 0.29) is 11.8 Å². The minimum Gasteiger partial charge on any atom is -0.368 e. The van der Waals surface area contributed by atoms with E-state index in [4.69, 9.17) is 11.6 Å². The van der Waals surface area contributed by atoms with Crippen molar-refractivity contribution in [3.63, 3.8) is 0 Å². The van der Waals surface area contributed by atoms with E-state index in [0.29, 0.717) is 29.8 Å². The third kappa shape index (κ3) is 2.76. The Morgan fingerprint density at radius 3 is 3.11 bits per heavy atom. The minimum atomic E-state index is 0.139. The molecule has 2 aromatic heterocycles. The summed E-state index contributed by atoms with van der Waals surface area (Å²) in [6, 6.07) is 1.67. The van der Waals surface area contributed by atoms with Gasteiger partial charge in [0, 0.05) is 25.1 Å². The van der Waals surface area contributed by atoms with E-state index in [2.05, 4.69) is 25.7 Å². The van der Waals surface area contributed by atoms with E-state index >= 15 is 0 Å². The number of carbonyl (C=O) groups excluding carboxylic acids is 1. The van der Waals surface area contributed by atoms with Gasteiger partial charge in [0.25, 0.3) is 5.78 Å². The fraction of sp³-hybridized carbons (Fsp3) is 0.455. The SMILES string of the molecule is O=C(NCCNc1cc(Cl)nc2ncnn12)C1CC1. The van der Waals surface area contributed by atoms with Crippen molar-refractivity contribution < 1.29 is 4.79 Å². The van der Waals surface area contributed by atoms with E-state index in [1.165, 1.54) is 6.33 Å². The summed E-state index contributed by atoms with van der Waals surface area (Å²) in [6.45, 7) is 1.15. The lowest BCUT2D eigenvalue weighted by atomic mass is 10.4. The maximum Gasteiger partial charge on any atom is 0.255 e. The molecule has 1 saturated carbocycles. The molecule has 100 valence electrons. The van der Waals surface area contributed by atoms with Gasteiger partial charge in [-0.2, -0.15) is 19.6 Å². The largest absolute Gasteiger partial charge is 0.368 e. The van der Waals surface area contributed by atoms with Crippen LogP contribution in [0.2, 0.25) is 5.15 Å². The van der Waals surface area contributed by atoms with Gasteiger partial charge in [0.15, 0.2) is 0 Å². The number of anilines is 1. The average Bonchev–Trinajstić information content (AvgIpc) is 3.13. The summed E-state index contributed by atoms with van der Waals surface area (Å²) in [5.41, 5.74) is 0. The van der Waals surface area contributed by atoms with Crippen molar-refractivity contribution >= 4 is 29.1 Å². The molecule has 2 heterocycles. The predicted octanol–water partition coefficient (Wildman–Crippen LogP) is 0.716. The van der Waals surface area contributed by atoms with Crippen molar-refractivity contribution in [3.8, 4) is 0 Å². The Kier molecular flexibility index (Phi) is 3.20. The van der Waals surface area contributed by atoms with Crippen LogP contribution >= 0.6 is 11.6 Å². The molecule has 2 N–H and O–H groups in total. The molecule has 7 nitrogen and oxygen atoms in total. The second-order valence-corrected chi connectivity index (χ2v) is 4.82. The molecule has 0 unspecified atom stereocenters. The molecule has 0 radical (unpaired) electrons. The topological polar surface area (TPSA) is 84.2 Å². The average molecular weight is 281 g/mol. The Morgan fingerprint density at radius 2 is 2.32 bits per heavy atom. The number of nitrogens with zero attached hydrogens (tertiary/aromatic N) is 4. The molecule has 0 aliphatic heterocycles. The van der Waals surface area contributed by atoms with Gasteiger partial charge < -0.3 is 10.6 Å². The van der Waals surface area contributed by atoms with Gasteiger partial charge in [-0.15, -0.1) is 0 Å². The van der Waals surface area contributed by atoms with Crippen molar-refractivity contribution in [3.05, 3.63) is 17.5 Å². The lowest BCUT2D eigenvalue weighted by Crippen LogP contribution is -2.30. The highest BCUT2D eigenvalue weighted by molar-refractivity contribution is 6.29. The highest BCUT2D eigenvalue weighted by Crippen LogP contribution is 2.28. The van der Waals surface area contributed by atoms with E-state index in [1.807, 2.05) is 0 Å². The molecule has 0 saturated heterocycles. The van der Waals surface area contributed by atoms with Gasteiger partial charge >= 0.3 is 0 Å². The van der Waals surface area contributed by atoms with Crippen LogP contribution in [0, 0.1) is 5.92 Å². The number of fused-ring (bicyclic) bond motifs is 1. The summed E-state index contributed by atoms with van der Waals surface area (Å²) in [7, 11) is 0. The first-order chi connectivity index (χ1) is 9.24. The summed E-state index contributed by atoms with van der Waals surface area (Å²) in [6.07, 6.45) is 3.44. The van der Waals surface area contributed by atoms with Gasteiger partial charge in [-0.25, -0.2) is 0 Å². The highest BCUT2D eigenvalue weighted by atomic mass is 35.5. The molecule has 0 bridgehead atoms. The fourth-order valence-corrected chi connectivity index (χ4v) is 1.95. The van der Waals surface area contributed by atoms with Gasteiger partial charge in [0.2, 0.25) is 5.91 Å². The molecule has 0 spiro atoms. The van der Waals surface area contributed by atoms with Gasteiger partial charge in [-0.05, 0) is 12.8 Å². The Hall–Kier alpha value is -1.89. The van der Waals surface area contributed by atoms with E-state index in [9.17, 15) is 4.79 Å². The molecule has 1 amide bonds. The van der Waals surface area contributed by atoms with Crippen molar-refractivity contribution in [2.45, 2.75) is 12.8 Å². The predicted molar refractivity (Wildman–Crippen MR) is 70.0 cm³/mol. The zero-order valence-electron chi connectivity index (χ0n) is 10.1. The van der Waals surface area contributed by atoms with Gasteiger partial charge in [-0.1, -0.05) is 11.6 Å². The van der Waals surface area contributed by atoms with E-state index in [0.717, 1.165) is 12.8 Å². The molecule has 1 aliphatic carbocycles. The van der Waals surface area contributed by atoms with Crippen LogP contribution in [-0.4, -0.2) is 38.6 Å². The second kappa shape index (κ2) is 5.00. The number of carbonyl (C=O) groups is 1. The van der Waals surface area contributed by atoms with Crippen LogP contribution in [0.5, 0.6) is 0 Å². The van der Waals surface area contributed by atoms with Gasteiger partial charge in [0.1, 0.15) is 17.3 Å². The number of hydrogen-bond acceptors (Lipinski definition) is 5. The van der Waals surface area contributed by atoms with Crippen LogP contribution in [0.25, 0.3) is 5.78 Å². The molecular weight excluding hydrogens is 268 g/mol. The summed E-state index contributed by atoms with van der Waals surface area (Å²) >= 11 is 5.89. The van der Waals surface area contributed by atoms with Crippen molar-refractivity contribution in [1.29, 1.82) is 0 Å². The summed E-state index contributed by atoms with van der Waals surface area (Å²) in [5, 5.41) is 10.4. The van der Waals surface area contributed by atoms with Crippen LogP contribution in [0.1, 0.15) is 12.8 Å². The van der Waals surface area contributed by atoms with Crippen LogP contribution in [-0.2, 0) is 4.79 Å². The Morgan fingerprint density at radius 1 is 1.47 bits per heavy atom. The zero-order chi connectivity index (χ0) is 13.2. The number of nitrogens with one attached hydrogen (secondary N) is 2. The second-order valence-electron chi connectivity index (χ2n) is 4.43. The number of halogens is 1. The first-order valence-electron chi connectivity index (χ1n) is 6.12. The van der Waals surface area contributed by atoms with E-state index in [1.54, 1.807) is 10.6 Å². The fourth-order valence-electron chi connectivity index (χ4n) is 1.78. The summed E-state index contributed by atoms with van der Waals surface area (Å²) < 4.78 is 1.56. The molecule has 1 fully saturated rings. The van der Waals surface area contributed by atoms with Crippen LogP contribution in [0.3, 0.4) is 0 Å². The molecule has 3 rings (SSSR count). The first kappa shape index (κ1) is 12.2. The molecule has 2 aromatic rings. The molecule has 1 aliphatic rings. The van der Waals surface area contributed by atoms with Crippen LogP contribution < -0.4 is 10.6 Å².